The van der Waals surface area contributed by atoms with Crippen molar-refractivity contribution >= 4 is 34.3 Å². The van der Waals surface area contributed by atoms with Crippen molar-refractivity contribution in [2.75, 3.05) is 6.61 Å². The minimum Gasteiger partial charge on any atom is -0.493 e. The molecular formula is C23H26N6O3S. The highest BCUT2D eigenvalue weighted by Gasteiger charge is 2.63. The van der Waals surface area contributed by atoms with Crippen molar-refractivity contribution < 1.29 is 14.3 Å². The van der Waals surface area contributed by atoms with Crippen LogP contribution in [0.4, 0.5) is 0 Å². The molecule has 0 saturated carbocycles. The van der Waals surface area contributed by atoms with E-state index in [1.807, 2.05) is 36.4 Å². The first-order valence-electron chi connectivity index (χ1n) is 11.1. The van der Waals surface area contributed by atoms with Gasteiger partial charge in [-0.25, -0.2) is 5.10 Å². The Hall–Kier alpha value is -3.14. The number of benzene rings is 2. The van der Waals surface area contributed by atoms with E-state index in [4.69, 9.17) is 4.74 Å². The molecule has 2 fully saturated rings. The van der Waals surface area contributed by atoms with Crippen molar-refractivity contribution in [2.45, 2.75) is 55.8 Å². The molecule has 1 aromatic heterocycles. The third-order valence-corrected chi connectivity index (χ3v) is 7.79. The first-order valence-corrected chi connectivity index (χ1v) is 12.0. The molecule has 2 aromatic carbocycles. The van der Waals surface area contributed by atoms with Crippen LogP contribution in [0.2, 0.25) is 0 Å². The molecule has 2 N–H and O–H groups in total. The number of unbranched alkanes of at least 4 members (excludes halogenated alkanes) is 1. The van der Waals surface area contributed by atoms with Crippen molar-refractivity contribution in [3.8, 4) is 5.75 Å². The number of aromatic nitrogens is 4. The van der Waals surface area contributed by atoms with Crippen molar-refractivity contribution in [3.63, 3.8) is 0 Å². The van der Waals surface area contributed by atoms with Gasteiger partial charge in [-0.2, -0.15) is 0 Å². The number of H-pyrrole nitrogens is 1. The van der Waals surface area contributed by atoms with E-state index in [0.29, 0.717) is 23.7 Å². The number of carbonyl (C=O) groups is 2. The lowest BCUT2D eigenvalue weighted by Gasteiger charge is -2.44. The number of nitrogens with one attached hydrogen (secondary N) is 2. The first kappa shape index (κ1) is 21.7. The molecule has 33 heavy (non-hydrogen) atoms. The van der Waals surface area contributed by atoms with Gasteiger partial charge in [0.05, 0.1) is 12.2 Å². The number of rotatable bonds is 7. The number of ether oxygens (including phenoxy) is 1. The summed E-state index contributed by atoms with van der Waals surface area (Å²) < 4.78 is 5.65. The number of thioether (sulfide) groups is 1. The molecule has 2 aliphatic rings. The summed E-state index contributed by atoms with van der Waals surface area (Å²) in [5.74, 6) is 0.642. The van der Waals surface area contributed by atoms with Crippen LogP contribution in [-0.4, -0.2) is 60.1 Å². The van der Waals surface area contributed by atoms with E-state index in [2.05, 4.69) is 46.7 Å². The summed E-state index contributed by atoms with van der Waals surface area (Å²) in [4.78, 5) is 28.4. The van der Waals surface area contributed by atoms with Gasteiger partial charge in [-0.05, 0) is 47.5 Å². The van der Waals surface area contributed by atoms with Crippen LogP contribution in [0.3, 0.4) is 0 Å². The van der Waals surface area contributed by atoms with Gasteiger partial charge < -0.3 is 15.0 Å². The molecule has 0 aliphatic carbocycles. The van der Waals surface area contributed by atoms with Crippen LogP contribution in [0.15, 0.2) is 36.4 Å². The average Bonchev–Trinajstić information content (AvgIpc) is 3.41. The Balaban J connectivity index is 1.42. The lowest BCUT2D eigenvalue weighted by Crippen LogP contribution is -2.67. The number of carbonyl (C=O) groups excluding carboxylic acids is 2. The molecule has 2 amide bonds. The fraction of sp³-hybridized carbons (Fsp3) is 0.435. The van der Waals surface area contributed by atoms with Crippen molar-refractivity contribution in [1.82, 2.24) is 30.8 Å². The van der Waals surface area contributed by atoms with Gasteiger partial charge in [-0.3, -0.25) is 9.59 Å². The summed E-state index contributed by atoms with van der Waals surface area (Å²) in [6.07, 6.45) is 1.90. The van der Waals surface area contributed by atoms with Crippen LogP contribution < -0.4 is 10.1 Å². The predicted molar refractivity (Wildman–Crippen MR) is 125 cm³/mol. The second kappa shape index (κ2) is 8.33. The Morgan fingerprint density at radius 2 is 2.09 bits per heavy atom. The van der Waals surface area contributed by atoms with E-state index < -0.39 is 6.04 Å². The summed E-state index contributed by atoms with van der Waals surface area (Å²) in [6.45, 7) is 6.73. The summed E-state index contributed by atoms with van der Waals surface area (Å²) in [5.41, 5.74) is 0.466. The predicted octanol–water partition coefficient (Wildman–Crippen LogP) is 3.07. The Labute approximate surface area is 195 Å². The molecule has 5 rings (SSSR count). The zero-order chi connectivity index (χ0) is 23.2. The van der Waals surface area contributed by atoms with Crippen LogP contribution in [-0.2, 0) is 4.79 Å². The Morgan fingerprint density at radius 3 is 2.85 bits per heavy atom. The van der Waals surface area contributed by atoms with Gasteiger partial charge in [0.1, 0.15) is 23.2 Å². The molecule has 3 heterocycles. The topological polar surface area (TPSA) is 113 Å². The smallest absolute Gasteiger partial charge is 0.256 e. The minimum absolute atomic E-state index is 0.137. The maximum absolute atomic E-state index is 13.5. The molecular weight excluding hydrogens is 440 g/mol. The fourth-order valence-corrected chi connectivity index (χ4v) is 6.25. The van der Waals surface area contributed by atoms with Gasteiger partial charge in [0.2, 0.25) is 5.91 Å². The number of hydrogen-bond acceptors (Lipinski definition) is 7. The Bertz CT molecular complexity index is 1200. The van der Waals surface area contributed by atoms with E-state index in [-0.39, 0.29) is 28.0 Å². The number of aromatic amines is 1. The maximum atomic E-state index is 13.5. The van der Waals surface area contributed by atoms with Gasteiger partial charge in [-0.15, -0.1) is 16.9 Å². The van der Waals surface area contributed by atoms with Crippen LogP contribution in [0.25, 0.3) is 10.8 Å². The lowest BCUT2D eigenvalue weighted by molar-refractivity contribution is -0.148. The standard InChI is InChI=1S/C23H26N6O3S/c1-4-5-12-32-15-11-10-13-8-6-7-9-14(13)16(15)20(30)24-17-21(31)29-18(19-25-27-28-26-19)23(2,3)33-22(17)29/h6-11,17-18,22H,4-5,12H2,1-3H3,(H,24,30)(H,25,26,27,28)/t17?,18?,22-/m0/s1. The molecule has 3 atom stereocenters. The number of tetrazole rings is 1. The lowest BCUT2D eigenvalue weighted by atomic mass is 9.95. The number of β-lactam (4-membered cyclic amide) rings is 1. The summed E-state index contributed by atoms with van der Waals surface area (Å²) in [6, 6.07) is 10.6. The molecule has 2 unspecified atom stereocenters. The van der Waals surface area contributed by atoms with Crippen molar-refractivity contribution in [2.24, 2.45) is 0 Å². The Kier molecular flexibility index (Phi) is 5.48. The highest BCUT2D eigenvalue weighted by molar-refractivity contribution is 8.01. The van der Waals surface area contributed by atoms with Crippen LogP contribution in [0, 0.1) is 0 Å². The monoisotopic (exact) mass is 466 g/mol. The van der Waals surface area contributed by atoms with Crippen LogP contribution >= 0.6 is 11.8 Å². The number of amides is 2. The SMILES string of the molecule is CCCCOc1ccc2ccccc2c1C(=O)NC1C(=O)N2C(c3nnn[nH]3)C(C)(C)S[C@@H]12. The summed E-state index contributed by atoms with van der Waals surface area (Å²) >= 11 is 1.64. The molecule has 9 nitrogen and oxygen atoms in total. The highest BCUT2D eigenvalue weighted by Crippen LogP contribution is 2.56. The molecule has 3 aromatic rings. The van der Waals surface area contributed by atoms with E-state index in [9.17, 15) is 9.59 Å². The second-order valence-electron chi connectivity index (χ2n) is 8.86. The van der Waals surface area contributed by atoms with Crippen molar-refractivity contribution in [3.05, 3.63) is 47.8 Å². The van der Waals surface area contributed by atoms with Gasteiger partial charge in [0.25, 0.3) is 5.91 Å². The quantitative estimate of drug-likeness (QED) is 0.406. The molecule has 0 bridgehead atoms. The largest absolute Gasteiger partial charge is 0.493 e. The third kappa shape index (κ3) is 3.62. The average molecular weight is 467 g/mol. The van der Waals surface area contributed by atoms with Gasteiger partial charge in [0, 0.05) is 4.75 Å². The summed E-state index contributed by atoms with van der Waals surface area (Å²) in [5, 5.41) is 18.7. The van der Waals surface area contributed by atoms with E-state index >= 15 is 0 Å². The number of nitrogens with zero attached hydrogens (tertiary/aromatic N) is 4. The number of hydrogen-bond donors (Lipinski definition) is 2. The normalized spacial score (nSPS) is 23.3. The zero-order valence-corrected chi connectivity index (χ0v) is 19.6. The van der Waals surface area contributed by atoms with Crippen molar-refractivity contribution in [1.29, 1.82) is 0 Å². The Morgan fingerprint density at radius 1 is 1.27 bits per heavy atom. The van der Waals surface area contributed by atoms with Gasteiger partial charge >= 0.3 is 0 Å². The zero-order valence-electron chi connectivity index (χ0n) is 18.7. The molecule has 172 valence electrons. The van der Waals surface area contributed by atoms with E-state index in [1.165, 1.54) is 0 Å². The van der Waals surface area contributed by atoms with E-state index in [1.54, 1.807) is 16.7 Å². The molecule has 0 radical (unpaired) electrons. The first-order chi connectivity index (χ1) is 15.9. The molecule has 10 heteroatoms. The maximum Gasteiger partial charge on any atom is 0.256 e. The number of fused-ring (bicyclic) bond motifs is 2. The second-order valence-corrected chi connectivity index (χ2v) is 10.6. The third-order valence-electron chi connectivity index (χ3n) is 6.22. The molecule has 2 saturated heterocycles. The highest BCUT2D eigenvalue weighted by atomic mass is 32.2. The van der Waals surface area contributed by atoms with Crippen LogP contribution in [0.5, 0.6) is 5.75 Å². The van der Waals surface area contributed by atoms with E-state index in [0.717, 1.165) is 23.6 Å². The summed E-state index contributed by atoms with van der Waals surface area (Å²) in [7, 11) is 0. The molecule has 2 aliphatic heterocycles. The van der Waals surface area contributed by atoms with Crippen LogP contribution in [0.1, 0.15) is 55.8 Å². The van der Waals surface area contributed by atoms with Gasteiger partial charge in [0.15, 0.2) is 5.82 Å². The molecule has 0 spiro atoms. The fourth-order valence-electron chi connectivity index (χ4n) is 4.62. The van der Waals surface area contributed by atoms with Gasteiger partial charge in [-0.1, -0.05) is 43.7 Å². The minimum atomic E-state index is -0.620.